The maximum Gasteiger partial charge on any atom is 0.254 e. The van der Waals surface area contributed by atoms with Crippen molar-refractivity contribution in [1.29, 1.82) is 0 Å². The number of unbranched alkanes of at least 4 members (excludes halogenated alkanes) is 2. The number of hydrogen-bond donors (Lipinski definition) is 2. The van der Waals surface area contributed by atoms with Crippen molar-refractivity contribution < 1.29 is 9.59 Å². The first-order valence-corrected chi connectivity index (χ1v) is 8.80. The second-order valence-electron chi connectivity index (χ2n) is 4.96. The molecule has 0 aromatic carbocycles. The molecule has 0 saturated heterocycles. The number of nitrogens with one attached hydrogen (secondary N) is 2. The summed E-state index contributed by atoms with van der Waals surface area (Å²) in [6.07, 6.45) is 5.65. The van der Waals surface area contributed by atoms with Crippen molar-refractivity contribution in [1.82, 2.24) is 15.6 Å². The van der Waals surface area contributed by atoms with Crippen LogP contribution in [0.5, 0.6) is 0 Å². The largest absolute Gasteiger partial charge is 0.355 e. The second-order valence-corrected chi connectivity index (χ2v) is 5.92. The van der Waals surface area contributed by atoms with Crippen molar-refractivity contribution in [3.05, 3.63) is 23.9 Å². The number of carbonyl (C=O) groups excluding carboxylic acids is 2. The van der Waals surface area contributed by atoms with Gasteiger partial charge in [-0.3, -0.25) is 9.59 Å². The predicted molar refractivity (Wildman–Crippen MR) is 90.1 cm³/mol. The lowest BCUT2D eigenvalue weighted by Gasteiger charge is -2.09. The molecule has 1 aromatic heterocycles. The van der Waals surface area contributed by atoms with E-state index in [1.165, 1.54) is 11.8 Å². The standard InChI is InChI=1S/C16H25N3O2S/c1-3-5-9-17-14(20)12-22-16-13(8-7-11-19-16)15(21)18-10-6-4-2/h7-8,11H,3-6,9-10,12H2,1-2H3,(H,17,20)(H,18,21). The number of aromatic nitrogens is 1. The Hall–Kier alpha value is -1.56. The maximum absolute atomic E-state index is 12.1. The Bertz CT molecular complexity index is 480. The first-order valence-electron chi connectivity index (χ1n) is 7.81. The fourth-order valence-electron chi connectivity index (χ4n) is 1.74. The molecular weight excluding hydrogens is 298 g/mol. The van der Waals surface area contributed by atoms with Gasteiger partial charge in [-0.2, -0.15) is 0 Å². The summed E-state index contributed by atoms with van der Waals surface area (Å²) in [5.74, 6) is 0.118. The van der Waals surface area contributed by atoms with Gasteiger partial charge in [0.25, 0.3) is 5.91 Å². The number of thioether (sulfide) groups is 1. The average Bonchev–Trinajstić information content (AvgIpc) is 2.53. The summed E-state index contributed by atoms with van der Waals surface area (Å²) in [5.41, 5.74) is 0.532. The molecule has 0 radical (unpaired) electrons. The molecule has 0 aliphatic heterocycles. The summed E-state index contributed by atoms with van der Waals surface area (Å²) in [6, 6.07) is 3.48. The van der Waals surface area contributed by atoms with E-state index in [2.05, 4.69) is 29.5 Å². The molecule has 2 amide bonds. The highest BCUT2D eigenvalue weighted by atomic mass is 32.2. The molecule has 1 aromatic rings. The highest BCUT2D eigenvalue weighted by molar-refractivity contribution is 8.00. The van der Waals surface area contributed by atoms with Crippen LogP contribution >= 0.6 is 11.8 Å². The monoisotopic (exact) mass is 323 g/mol. The highest BCUT2D eigenvalue weighted by Gasteiger charge is 2.13. The van der Waals surface area contributed by atoms with Gasteiger partial charge in [-0.1, -0.05) is 38.5 Å². The van der Waals surface area contributed by atoms with E-state index in [1.807, 2.05) is 0 Å². The Morgan fingerprint density at radius 2 is 1.82 bits per heavy atom. The second kappa shape index (κ2) is 11.1. The number of hydrogen-bond acceptors (Lipinski definition) is 4. The zero-order chi connectivity index (χ0) is 16.2. The minimum absolute atomic E-state index is 0.0264. The SMILES string of the molecule is CCCCNC(=O)CSc1ncccc1C(=O)NCCCC. The van der Waals surface area contributed by atoms with Gasteiger partial charge in [-0.05, 0) is 25.0 Å². The van der Waals surface area contributed by atoms with Crippen molar-refractivity contribution in [3.8, 4) is 0 Å². The normalized spacial score (nSPS) is 10.3. The smallest absolute Gasteiger partial charge is 0.254 e. The fourth-order valence-corrected chi connectivity index (χ4v) is 2.56. The van der Waals surface area contributed by atoms with Crippen LogP contribution in [-0.4, -0.2) is 35.6 Å². The zero-order valence-corrected chi connectivity index (χ0v) is 14.2. The molecule has 122 valence electrons. The molecule has 0 aliphatic carbocycles. The van der Waals surface area contributed by atoms with Crippen LogP contribution in [0.15, 0.2) is 23.4 Å². The maximum atomic E-state index is 12.1. The van der Waals surface area contributed by atoms with Crippen LogP contribution in [0.4, 0.5) is 0 Å². The van der Waals surface area contributed by atoms with Crippen molar-refractivity contribution >= 4 is 23.6 Å². The fraction of sp³-hybridized carbons (Fsp3) is 0.562. The molecule has 5 nitrogen and oxygen atoms in total. The Kier molecular flexibility index (Phi) is 9.30. The summed E-state index contributed by atoms with van der Waals surface area (Å²) in [7, 11) is 0. The number of carbonyl (C=O) groups is 2. The summed E-state index contributed by atoms with van der Waals surface area (Å²) in [4.78, 5) is 28.1. The summed E-state index contributed by atoms with van der Waals surface area (Å²) < 4.78 is 0. The summed E-state index contributed by atoms with van der Waals surface area (Å²) in [6.45, 7) is 5.52. The number of nitrogens with zero attached hydrogens (tertiary/aromatic N) is 1. The van der Waals surface area contributed by atoms with E-state index < -0.39 is 0 Å². The third kappa shape index (κ3) is 6.93. The van der Waals surface area contributed by atoms with Crippen LogP contribution in [0.3, 0.4) is 0 Å². The van der Waals surface area contributed by atoms with Crippen LogP contribution < -0.4 is 10.6 Å². The van der Waals surface area contributed by atoms with Crippen LogP contribution in [0.1, 0.15) is 49.9 Å². The topological polar surface area (TPSA) is 71.1 Å². The molecule has 0 atom stereocenters. The van der Waals surface area contributed by atoms with Crippen LogP contribution in [0.2, 0.25) is 0 Å². The third-order valence-electron chi connectivity index (χ3n) is 3.02. The van der Waals surface area contributed by atoms with E-state index in [9.17, 15) is 9.59 Å². The van der Waals surface area contributed by atoms with E-state index in [4.69, 9.17) is 0 Å². The lowest BCUT2D eigenvalue weighted by molar-refractivity contribution is -0.118. The third-order valence-corrected chi connectivity index (χ3v) is 4.03. The van der Waals surface area contributed by atoms with Gasteiger partial charge in [-0.25, -0.2) is 4.98 Å². The van der Waals surface area contributed by atoms with Gasteiger partial charge in [0.1, 0.15) is 5.03 Å². The summed E-state index contributed by atoms with van der Waals surface area (Å²) >= 11 is 1.30. The minimum atomic E-state index is -0.129. The van der Waals surface area contributed by atoms with E-state index >= 15 is 0 Å². The van der Waals surface area contributed by atoms with Crippen molar-refractivity contribution in [2.24, 2.45) is 0 Å². The summed E-state index contributed by atoms with van der Waals surface area (Å²) in [5, 5.41) is 6.33. The Labute approximate surface area is 136 Å². The number of rotatable bonds is 10. The molecule has 0 fully saturated rings. The quantitative estimate of drug-likeness (QED) is 0.513. The lowest BCUT2D eigenvalue weighted by Crippen LogP contribution is -2.27. The van der Waals surface area contributed by atoms with E-state index in [0.29, 0.717) is 23.7 Å². The van der Waals surface area contributed by atoms with Crippen LogP contribution in [0, 0.1) is 0 Å². The first-order chi connectivity index (χ1) is 10.7. The highest BCUT2D eigenvalue weighted by Crippen LogP contribution is 2.19. The Balaban J connectivity index is 2.52. The molecular formula is C16H25N3O2S. The van der Waals surface area contributed by atoms with Crippen molar-refractivity contribution in [3.63, 3.8) is 0 Å². The minimum Gasteiger partial charge on any atom is -0.355 e. The number of pyridine rings is 1. The van der Waals surface area contributed by atoms with E-state index in [1.54, 1.807) is 18.3 Å². The van der Waals surface area contributed by atoms with Crippen molar-refractivity contribution in [2.45, 2.75) is 44.6 Å². The van der Waals surface area contributed by atoms with Gasteiger partial charge >= 0.3 is 0 Å². The molecule has 0 saturated carbocycles. The molecule has 2 N–H and O–H groups in total. The van der Waals surface area contributed by atoms with Crippen LogP contribution in [0.25, 0.3) is 0 Å². The first kappa shape index (κ1) is 18.5. The Morgan fingerprint density at radius 3 is 2.50 bits per heavy atom. The lowest BCUT2D eigenvalue weighted by atomic mass is 10.2. The molecule has 1 rings (SSSR count). The van der Waals surface area contributed by atoms with E-state index in [0.717, 1.165) is 25.7 Å². The molecule has 22 heavy (non-hydrogen) atoms. The zero-order valence-electron chi connectivity index (χ0n) is 13.4. The van der Waals surface area contributed by atoms with Gasteiger partial charge in [0.15, 0.2) is 0 Å². The molecule has 0 spiro atoms. The number of amides is 2. The van der Waals surface area contributed by atoms with E-state index in [-0.39, 0.29) is 17.6 Å². The van der Waals surface area contributed by atoms with Gasteiger partial charge in [0.2, 0.25) is 5.91 Å². The van der Waals surface area contributed by atoms with Gasteiger partial charge in [-0.15, -0.1) is 0 Å². The van der Waals surface area contributed by atoms with Crippen molar-refractivity contribution in [2.75, 3.05) is 18.8 Å². The van der Waals surface area contributed by atoms with Gasteiger partial charge < -0.3 is 10.6 Å². The molecule has 1 heterocycles. The molecule has 0 bridgehead atoms. The molecule has 0 unspecified atom stereocenters. The average molecular weight is 323 g/mol. The predicted octanol–water partition coefficient (Wildman–Crippen LogP) is 2.62. The van der Waals surface area contributed by atoms with Gasteiger partial charge in [0.05, 0.1) is 11.3 Å². The molecule has 0 aliphatic rings. The van der Waals surface area contributed by atoms with Gasteiger partial charge in [0, 0.05) is 19.3 Å². The Morgan fingerprint density at radius 1 is 1.14 bits per heavy atom. The molecule has 6 heteroatoms. The van der Waals surface area contributed by atoms with Crippen LogP contribution in [-0.2, 0) is 4.79 Å².